The molecule has 11 heteroatoms. The third-order valence-electron chi connectivity index (χ3n) is 7.65. The Morgan fingerprint density at radius 1 is 1.00 bits per heavy atom. The van der Waals surface area contributed by atoms with Gasteiger partial charge >= 0.3 is 6.36 Å². The van der Waals surface area contributed by atoms with Crippen molar-refractivity contribution < 1.29 is 27.5 Å². The first-order chi connectivity index (χ1) is 20.4. The van der Waals surface area contributed by atoms with Gasteiger partial charge in [0.15, 0.2) is 0 Å². The number of likely N-dealkylation sites (N-methyl/N-ethyl adjacent to an activating group) is 1. The first-order valence-electron chi connectivity index (χ1n) is 13.8. The van der Waals surface area contributed by atoms with Crippen molar-refractivity contribution in [1.82, 2.24) is 9.88 Å². The number of anilines is 2. The van der Waals surface area contributed by atoms with Gasteiger partial charge in [-0.05, 0) is 77.7 Å². The summed E-state index contributed by atoms with van der Waals surface area (Å²) in [6.45, 7) is 3.71. The van der Waals surface area contributed by atoms with Gasteiger partial charge in [-0.15, -0.1) is 13.2 Å². The van der Waals surface area contributed by atoms with Gasteiger partial charge in [0.05, 0.1) is 0 Å². The van der Waals surface area contributed by atoms with E-state index in [-0.39, 0.29) is 35.9 Å². The van der Waals surface area contributed by atoms with Crippen molar-refractivity contribution in [3.63, 3.8) is 0 Å². The van der Waals surface area contributed by atoms with Crippen LogP contribution in [-0.4, -0.2) is 35.1 Å². The maximum absolute atomic E-state index is 14.0. The average Bonchev–Trinajstić information content (AvgIpc) is 2.95. The fraction of sp³-hybridized carbons (Fsp3) is 0.281. The highest BCUT2D eigenvalue weighted by Gasteiger charge is 2.33. The van der Waals surface area contributed by atoms with Gasteiger partial charge in [0.25, 0.3) is 5.56 Å². The van der Waals surface area contributed by atoms with E-state index in [9.17, 15) is 27.6 Å². The normalized spacial score (nSPS) is 18.0. The Morgan fingerprint density at radius 2 is 1.79 bits per heavy atom. The number of halogens is 3. The molecule has 2 atom stereocenters. The van der Waals surface area contributed by atoms with Crippen molar-refractivity contribution in [1.29, 1.82) is 0 Å². The highest BCUT2D eigenvalue weighted by atomic mass is 19.4. The summed E-state index contributed by atoms with van der Waals surface area (Å²) in [6, 6.07) is 15.5. The molecule has 0 saturated carbocycles. The second-order valence-corrected chi connectivity index (χ2v) is 10.9. The molecule has 6 rings (SSSR count). The van der Waals surface area contributed by atoms with Crippen molar-refractivity contribution >= 4 is 34.0 Å². The Labute approximate surface area is 245 Å². The number of nitrogens with zero attached hydrogens (tertiary/aromatic N) is 1. The summed E-state index contributed by atoms with van der Waals surface area (Å²) < 4.78 is 44.0. The number of alkyl halides is 3. The lowest BCUT2D eigenvalue weighted by Gasteiger charge is -2.28. The summed E-state index contributed by atoms with van der Waals surface area (Å²) in [5.41, 5.74) is 3.21. The molecule has 3 aromatic carbocycles. The Bertz CT molecular complexity index is 1750. The van der Waals surface area contributed by atoms with Crippen molar-refractivity contribution in [2.24, 2.45) is 0 Å². The zero-order valence-corrected chi connectivity index (χ0v) is 23.8. The van der Waals surface area contributed by atoms with E-state index in [1.807, 2.05) is 32.0 Å². The predicted molar refractivity (Wildman–Crippen MR) is 158 cm³/mol. The van der Waals surface area contributed by atoms with Crippen LogP contribution >= 0.6 is 0 Å². The van der Waals surface area contributed by atoms with Gasteiger partial charge in [-0.2, -0.15) is 0 Å². The number of hydrogen-bond donors (Lipinski definition) is 3. The summed E-state index contributed by atoms with van der Waals surface area (Å²) in [5, 5.41) is 7.17. The summed E-state index contributed by atoms with van der Waals surface area (Å²) in [4.78, 5) is 43.1. The van der Waals surface area contributed by atoms with Crippen LogP contribution in [0, 0.1) is 6.92 Å². The average molecular weight is 593 g/mol. The van der Waals surface area contributed by atoms with Gasteiger partial charge in [0.1, 0.15) is 11.8 Å². The van der Waals surface area contributed by atoms with E-state index < -0.39 is 24.1 Å². The number of aryl methyl sites for hydroxylation is 1. The molecule has 8 nitrogen and oxygen atoms in total. The molecule has 224 valence electrons. The molecule has 43 heavy (non-hydrogen) atoms. The number of nitrogens with one attached hydrogen (secondary N) is 3. The third kappa shape index (κ3) is 6.82. The molecule has 4 aromatic rings. The number of pyridine rings is 1. The lowest BCUT2D eigenvalue weighted by atomic mass is 9.89. The van der Waals surface area contributed by atoms with Gasteiger partial charge in [-0.25, -0.2) is 0 Å². The Morgan fingerprint density at radius 3 is 2.53 bits per heavy atom. The van der Waals surface area contributed by atoms with Crippen LogP contribution < -0.4 is 20.9 Å². The van der Waals surface area contributed by atoms with E-state index in [1.165, 1.54) is 24.1 Å². The predicted octanol–water partition coefficient (Wildman–Crippen LogP) is 6.38. The number of benzene rings is 3. The van der Waals surface area contributed by atoms with Crippen molar-refractivity contribution in [3.8, 4) is 5.75 Å². The first kappa shape index (κ1) is 29.7. The number of fused-ring (bicyclic) bond motifs is 10. The minimum absolute atomic E-state index is 0.0304. The second kappa shape index (κ2) is 11.8. The van der Waals surface area contributed by atoms with Gasteiger partial charge in [0, 0.05) is 48.5 Å². The van der Waals surface area contributed by atoms with E-state index in [1.54, 1.807) is 30.5 Å². The molecule has 3 heterocycles. The highest BCUT2D eigenvalue weighted by molar-refractivity contribution is 5.91. The van der Waals surface area contributed by atoms with Gasteiger partial charge < -0.3 is 25.3 Å². The molecule has 2 aliphatic rings. The monoisotopic (exact) mass is 592 g/mol. The number of aromatic amines is 1. The second-order valence-electron chi connectivity index (χ2n) is 10.9. The quantitative estimate of drug-likeness (QED) is 0.256. The SMILES string of the molecule is Cc1cc2ccc1[C@@H](C)CCC(=O)Nc1ccc(OC(F)(F)F)c(c1)CN(C)C(=O)[C@@H]2Nc1ccc2cc[nH]c(=O)c2c1. The minimum Gasteiger partial charge on any atom is -0.405 e. The largest absolute Gasteiger partial charge is 0.573 e. The molecule has 0 saturated heterocycles. The zero-order valence-electron chi connectivity index (χ0n) is 23.8. The molecule has 0 radical (unpaired) electrons. The molecule has 0 spiro atoms. The van der Waals surface area contributed by atoms with Crippen molar-refractivity contribution in [3.05, 3.63) is 99.5 Å². The van der Waals surface area contributed by atoms with Crippen LogP contribution in [0.5, 0.6) is 5.75 Å². The van der Waals surface area contributed by atoms with E-state index in [2.05, 4.69) is 20.4 Å². The van der Waals surface area contributed by atoms with E-state index >= 15 is 0 Å². The third-order valence-corrected chi connectivity index (χ3v) is 7.65. The fourth-order valence-corrected chi connectivity index (χ4v) is 5.44. The first-order valence-corrected chi connectivity index (χ1v) is 13.8. The van der Waals surface area contributed by atoms with Crippen molar-refractivity contribution in [2.45, 2.75) is 51.6 Å². The topological polar surface area (TPSA) is 104 Å². The number of hydrogen-bond acceptors (Lipinski definition) is 5. The summed E-state index contributed by atoms with van der Waals surface area (Å²) >= 11 is 0. The van der Waals surface area contributed by atoms with Crippen LogP contribution in [0.2, 0.25) is 0 Å². The molecule has 2 amide bonds. The minimum atomic E-state index is -4.95. The summed E-state index contributed by atoms with van der Waals surface area (Å²) in [6.07, 6.45) is -2.64. The number of H-pyrrole nitrogens is 1. The summed E-state index contributed by atoms with van der Waals surface area (Å²) in [7, 11) is 1.48. The maximum atomic E-state index is 14.0. The van der Waals surface area contributed by atoms with E-state index in [0.29, 0.717) is 28.7 Å². The lowest BCUT2D eigenvalue weighted by Crippen LogP contribution is -2.35. The smallest absolute Gasteiger partial charge is 0.405 e. The molecule has 4 bridgehead atoms. The number of carbonyl (C=O) groups is 2. The number of carbonyl (C=O) groups excluding carboxylic acids is 2. The van der Waals surface area contributed by atoms with Gasteiger partial charge in [-0.3, -0.25) is 14.4 Å². The zero-order chi connectivity index (χ0) is 30.9. The lowest BCUT2D eigenvalue weighted by molar-refractivity contribution is -0.275. The number of ether oxygens (including phenoxy) is 1. The Balaban J connectivity index is 1.58. The number of aromatic nitrogens is 1. The van der Waals surface area contributed by atoms with Crippen LogP contribution in [0.4, 0.5) is 24.5 Å². The van der Waals surface area contributed by atoms with Crippen LogP contribution in [0.15, 0.2) is 71.7 Å². The Kier molecular flexibility index (Phi) is 8.16. The van der Waals surface area contributed by atoms with Crippen LogP contribution in [-0.2, 0) is 16.1 Å². The number of rotatable bonds is 3. The fourth-order valence-electron chi connectivity index (χ4n) is 5.44. The molecular weight excluding hydrogens is 561 g/mol. The molecule has 3 N–H and O–H groups in total. The maximum Gasteiger partial charge on any atom is 0.573 e. The molecule has 2 aliphatic heterocycles. The Hall–Kier alpha value is -4.80. The van der Waals surface area contributed by atoms with Crippen molar-refractivity contribution in [2.75, 3.05) is 17.7 Å². The highest BCUT2D eigenvalue weighted by Crippen LogP contribution is 2.33. The summed E-state index contributed by atoms with van der Waals surface area (Å²) in [5.74, 6) is -1.14. The van der Waals surface area contributed by atoms with Crippen LogP contribution in [0.1, 0.15) is 54.0 Å². The molecule has 0 unspecified atom stereocenters. The van der Waals surface area contributed by atoms with E-state index in [0.717, 1.165) is 22.6 Å². The van der Waals surface area contributed by atoms with Gasteiger partial charge in [0.2, 0.25) is 11.8 Å². The van der Waals surface area contributed by atoms with Gasteiger partial charge in [-0.1, -0.05) is 31.2 Å². The van der Waals surface area contributed by atoms with E-state index in [4.69, 9.17) is 0 Å². The van der Waals surface area contributed by atoms with Crippen LogP contribution in [0.25, 0.3) is 10.8 Å². The molecule has 1 aromatic heterocycles. The molecule has 0 fully saturated rings. The standard InChI is InChI=1S/C32H31F3N4O4/c1-18-4-11-28(40)37-23-8-10-27(43-32(33,34)35)22(15-23)17-39(3)31(42)29(21-6-9-25(18)19(2)14-21)38-24-7-5-20-12-13-36-30(41)26(20)16-24/h5-10,12-16,18,29,38H,4,11,17H2,1-3H3,(H,36,41)(H,37,40)/t18-,29+/m0/s1. The number of amides is 2. The molecular formula is C32H31F3N4O4. The van der Waals surface area contributed by atoms with Crippen LogP contribution in [0.3, 0.4) is 0 Å². The molecule has 0 aliphatic carbocycles.